The van der Waals surface area contributed by atoms with Gasteiger partial charge in [-0.1, -0.05) is 26.0 Å². The van der Waals surface area contributed by atoms with Gasteiger partial charge in [0.2, 0.25) is 15.9 Å². The van der Waals surface area contributed by atoms with Crippen molar-refractivity contribution in [3.8, 4) is 0 Å². The number of alkyl halides is 3. The summed E-state index contributed by atoms with van der Waals surface area (Å²) in [5.74, 6) is -0.517. The van der Waals surface area contributed by atoms with Gasteiger partial charge in [0.05, 0.1) is 4.90 Å². The monoisotopic (exact) mass is 418 g/mol. The van der Waals surface area contributed by atoms with Gasteiger partial charge in [-0.3, -0.25) is 9.48 Å². The first-order chi connectivity index (χ1) is 13.1. The van der Waals surface area contributed by atoms with Crippen LogP contribution in [0.1, 0.15) is 25.1 Å². The normalized spacial score (nSPS) is 12.4. The molecule has 0 aliphatic rings. The van der Waals surface area contributed by atoms with Crippen LogP contribution < -0.4 is 5.32 Å². The van der Waals surface area contributed by atoms with Crippen molar-refractivity contribution in [3.05, 3.63) is 47.8 Å². The molecule has 0 bridgehead atoms. The number of amides is 1. The maximum atomic E-state index is 12.5. The van der Waals surface area contributed by atoms with Crippen molar-refractivity contribution in [2.75, 3.05) is 13.1 Å². The largest absolute Gasteiger partial charge is 0.435 e. The standard InChI is InChI=1S/C17H21F3N4O3S/c1-3-24(4-2)28(26,27)14-7-5-13(6-8-14)11-21-16(25)12-23-10-9-15(22-23)17(18,19)20/h5-10H,3-4,11-12H2,1-2H3,(H,21,25). The fraction of sp³-hybridized carbons (Fsp3) is 0.412. The second-order valence-corrected chi connectivity index (χ2v) is 7.84. The molecule has 1 N–H and O–H groups in total. The Labute approximate surface area is 161 Å². The first-order valence-corrected chi connectivity index (χ1v) is 9.98. The topological polar surface area (TPSA) is 84.3 Å². The summed E-state index contributed by atoms with van der Waals surface area (Å²) in [4.78, 5) is 12.0. The Morgan fingerprint density at radius 3 is 2.25 bits per heavy atom. The number of sulfonamides is 1. The minimum Gasteiger partial charge on any atom is -0.350 e. The van der Waals surface area contributed by atoms with Gasteiger partial charge in [0, 0.05) is 25.8 Å². The smallest absolute Gasteiger partial charge is 0.350 e. The van der Waals surface area contributed by atoms with Crippen molar-refractivity contribution in [1.29, 1.82) is 0 Å². The van der Waals surface area contributed by atoms with Crippen LogP contribution in [0.2, 0.25) is 0 Å². The molecule has 0 atom stereocenters. The van der Waals surface area contributed by atoms with Crippen molar-refractivity contribution in [1.82, 2.24) is 19.4 Å². The Hall–Kier alpha value is -2.40. The summed E-state index contributed by atoms with van der Waals surface area (Å²) in [6.45, 7) is 3.98. The van der Waals surface area contributed by atoms with Crippen LogP contribution in [0.5, 0.6) is 0 Å². The second kappa shape index (κ2) is 8.74. The molecule has 0 unspecified atom stereocenters. The molecule has 0 aliphatic carbocycles. The van der Waals surface area contributed by atoms with Crippen LogP contribution >= 0.6 is 0 Å². The minimum atomic E-state index is -4.56. The minimum absolute atomic E-state index is 0.109. The lowest BCUT2D eigenvalue weighted by atomic mass is 10.2. The van der Waals surface area contributed by atoms with Crippen molar-refractivity contribution in [3.63, 3.8) is 0 Å². The van der Waals surface area contributed by atoms with Gasteiger partial charge >= 0.3 is 6.18 Å². The lowest BCUT2D eigenvalue weighted by Gasteiger charge is -2.18. The van der Waals surface area contributed by atoms with E-state index in [1.165, 1.54) is 16.4 Å². The maximum Gasteiger partial charge on any atom is 0.435 e. The summed E-state index contributed by atoms with van der Waals surface area (Å²) in [5.41, 5.74) is -0.409. The number of hydrogen-bond acceptors (Lipinski definition) is 4. The highest BCUT2D eigenvalue weighted by atomic mass is 32.2. The molecule has 2 aromatic rings. The van der Waals surface area contributed by atoms with E-state index in [4.69, 9.17) is 0 Å². The second-order valence-electron chi connectivity index (χ2n) is 5.91. The number of benzene rings is 1. The van der Waals surface area contributed by atoms with E-state index in [9.17, 15) is 26.4 Å². The molecule has 2 rings (SSSR count). The Bertz CT molecular complexity index is 904. The number of nitrogens with one attached hydrogen (secondary N) is 1. The molecule has 0 saturated heterocycles. The summed E-state index contributed by atoms with van der Waals surface area (Å²) in [6.07, 6.45) is -3.48. The molecule has 1 heterocycles. The fourth-order valence-electron chi connectivity index (χ4n) is 2.50. The van der Waals surface area contributed by atoms with Crippen LogP contribution in [0, 0.1) is 0 Å². The number of halogens is 3. The maximum absolute atomic E-state index is 12.5. The molecule has 154 valence electrons. The van der Waals surface area contributed by atoms with Crippen LogP contribution in [0.15, 0.2) is 41.4 Å². The van der Waals surface area contributed by atoms with Crippen molar-refractivity contribution in [2.24, 2.45) is 0 Å². The van der Waals surface area contributed by atoms with Crippen LogP contribution in [0.3, 0.4) is 0 Å². The Morgan fingerprint density at radius 2 is 1.75 bits per heavy atom. The molecule has 11 heteroatoms. The zero-order valence-corrected chi connectivity index (χ0v) is 16.2. The fourth-order valence-corrected chi connectivity index (χ4v) is 3.95. The summed E-state index contributed by atoms with van der Waals surface area (Å²) < 4.78 is 64.6. The number of nitrogens with zero attached hydrogens (tertiary/aromatic N) is 3. The number of rotatable bonds is 8. The molecule has 0 fully saturated rings. The average molecular weight is 418 g/mol. The molecular formula is C17H21F3N4O3S. The zero-order valence-electron chi connectivity index (χ0n) is 15.4. The Balaban J connectivity index is 1.94. The third-order valence-electron chi connectivity index (χ3n) is 3.99. The number of carbonyl (C=O) groups is 1. The van der Waals surface area contributed by atoms with E-state index >= 15 is 0 Å². The van der Waals surface area contributed by atoms with Crippen molar-refractivity contribution >= 4 is 15.9 Å². The Kier molecular flexibility index (Phi) is 6.83. The van der Waals surface area contributed by atoms with E-state index in [1.54, 1.807) is 26.0 Å². The zero-order chi connectivity index (χ0) is 20.9. The molecule has 0 saturated carbocycles. The van der Waals surface area contributed by atoms with Crippen LogP contribution in [0.25, 0.3) is 0 Å². The van der Waals surface area contributed by atoms with Gasteiger partial charge in [0.15, 0.2) is 5.69 Å². The number of aromatic nitrogens is 2. The molecule has 7 nitrogen and oxygen atoms in total. The van der Waals surface area contributed by atoms with Crippen LogP contribution in [-0.2, 0) is 34.1 Å². The van der Waals surface area contributed by atoms with Crippen LogP contribution in [0.4, 0.5) is 13.2 Å². The van der Waals surface area contributed by atoms with Gasteiger partial charge < -0.3 is 5.32 Å². The van der Waals surface area contributed by atoms with Gasteiger partial charge in [-0.25, -0.2) is 8.42 Å². The van der Waals surface area contributed by atoms with E-state index in [-0.39, 0.29) is 18.0 Å². The first-order valence-electron chi connectivity index (χ1n) is 8.54. The third-order valence-corrected chi connectivity index (χ3v) is 6.06. The predicted molar refractivity (Wildman–Crippen MR) is 95.6 cm³/mol. The number of hydrogen-bond donors (Lipinski definition) is 1. The highest BCUT2D eigenvalue weighted by Gasteiger charge is 2.33. The highest BCUT2D eigenvalue weighted by molar-refractivity contribution is 7.89. The predicted octanol–water partition coefficient (Wildman–Crippen LogP) is 2.25. The van der Waals surface area contributed by atoms with E-state index < -0.39 is 27.8 Å². The molecule has 0 spiro atoms. The third kappa shape index (κ3) is 5.32. The van der Waals surface area contributed by atoms with E-state index in [1.807, 2.05) is 0 Å². The molecule has 1 aromatic carbocycles. The van der Waals surface area contributed by atoms with E-state index in [0.717, 1.165) is 16.9 Å². The first kappa shape index (κ1) is 21.9. The van der Waals surface area contributed by atoms with E-state index in [0.29, 0.717) is 18.7 Å². The van der Waals surface area contributed by atoms with Crippen LogP contribution in [-0.4, -0.2) is 41.5 Å². The Morgan fingerprint density at radius 1 is 1.14 bits per heavy atom. The summed E-state index contributed by atoms with van der Waals surface area (Å²) in [6, 6.07) is 6.86. The lowest BCUT2D eigenvalue weighted by molar-refractivity contribution is -0.141. The molecule has 1 amide bonds. The molecule has 1 aromatic heterocycles. The molecule has 0 radical (unpaired) electrons. The number of carbonyl (C=O) groups excluding carboxylic acids is 1. The van der Waals surface area contributed by atoms with Gasteiger partial charge in [-0.05, 0) is 23.8 Å². The SMILES string of the molecule is CCN(CC)S(=O)(=O)c1ccc(CNC(=O)Cn2ccc(C(F)(F)F)n2)cc1. The van der Waals surface area contributed by atoms with Crippen molar-refractivity contribution in [2.45, 2.75) is 38.0 Å². The summed E-state index contributed by atoms with van der Waals surface area (Å²) in [5, 5.41) is 5.87. The van der Waals surface area contributed by atoms with Gasteiger partial charge in [0.25, 0.3) is 0 Å². The summed E-state index contributed by atoms with van der Waals surface area (Å²) in [7, 11) is -3.56. The average Bonchev–Trinajstić information content (AvgIpc) is 3.10. The van der Waals surface area contributed by atoms with Gasteiger partial charge in [-0.15, -0.1) is 0 Å². The molecular weight excluding hydrogens is 397 g/mol. The lowest BCUT2D eigenvalue weighted by Crippen LogP contribution is -2.30. The van der Waals surface area contributed by atoms with E-state index in [2.05, 4.69) is 10.4 Å². The van der Waals surface area contributed by atoms with Gasteiger partial charge in [0.1, 0.15) is 6.54 Å². The quantitative estimate of drug-likeness (QED) is 0.713. The molecule has 0 aliphatic heterocycles. The van der Waals surface area contributed by atoms with Gasteiger partial charge in [-0.2, -0.15) is 22.6 Å². The molecule has 28 heavy (non-hydrogen) atoms. The highest BCUT2D eigenvalue weighted by Crippen LogP contribution is 2.27. The summed E-state index contributed by atoms with van der Waals surface area (Å²) >= 11 is 0. The van der Waals surface area contributed by atoms with Crippen molar-refractivity contribution < 1.29 is 26.4 Å².